The van der Waals surface area contributed by atoms with Gasteiger partial charge in [0.15, 0.2) is 0 Å². The van der Waals surface area contributed by atoms with Crippen LogP contribution in [0.25, 0.3) is 10.9 Å². The molecular weight excluding hydrogens is 278 g/mol. The van der Waals surface area contributed by atoms with Gasteiger partial charge in [0.25, 0.3) is 0 Å². The van der Waals surface area contributed by atoms with E-state index in [1.165, 1.54) is 11.3 Å². The number of rotatable bonds is 3. The van der Waals surface area contributed by atoms with Crippen molar-refractivity contribution in [3.63, 3.8) is 0 Å². The molecule has 0 aliphatic carbocycles. The Morgan fingerprint density at radius 3 is 2.84 bits per heavy atom. The van der Waals surface area contributed by atoms with Crippen LogP contribution >= 0.6 is 22.9 Å². The average Bonchev–Trinajstić information content (AvgIpc) is 2.85. The van der Waals surface area contributed by atoms with E-state index in [4.69, 9.17) is 11.6 Å². The van der Waals surface area contributed by atoms with Gasteiger partial charge in [0.2, 0.25) is 0 Å². The molecular formula is C15H12ClNOS. The maximum atomic E-state index is 10.2. The summed E-state index contributed by atoms with van der Waals surface area (Å²) >= 11 is 7.34. The molecule has 0 spiro atoms. The molecule has 1 unspecified atom stereocenters. The number of thiophene rings is 1. The van der Waals surface area contributed by atoms with Gasteiger partial charge in [-0.1, -0.05) is 35.9 Å². The molecule has 2 aromatic heterocycles. The molecule has 1 aromatic carbocycles. The highest BCUT2D eigenvalue weighted by Crippen LogP contribution is 2.27. The van der Waals surface area contributed by atoms with Gasteiger partial charge in [-0.3, -0.25) is 4.98 Å². The Labute approximate surface area is 120 Å². The van der Waals surface area contributed by atoms with Crippen molar-refractivity contribution in [2.24, 2.45) is 0 Å². The van der Waals surface area contributed by atoms with Crippen LogP contribution in [0.5, 0.6) is 0 Å². The summed E-state index contributed by atoms with van der Waals surface area (Å²) in [5, 5.41) is 13.8. The summed E-state index contributed by atoms with van der Waals surface area (Å²) in [6.45, 7) is 0. The van der Waals surface area contributed by atoms with Crippen LogP contribution < -0.4 is 0 Å². The lowest BCUT2D eigenvalue weighted by atomic mass is 10.1. The highest BCUT2D eigenvalue weighted by molar-refractivity contribution is 7.10. The summed E-state index contributed by atoms with van der Waals surface area (Å²) in [5.41, 5.74) is 1.84. The number of fused-ring (bicyclic) bond motifs is 1. The standard InChI is InChI=1S/C15H12ClNOS/c16-11-7-15(19-9-11)14(18)8-12-6-5-10-3-1-2-4-13(10)17-12/h1-7,9,14,18H,8H2. The van der Waals surface area contributed by atoms with Crippen LogP contribution in [0.1, 0.15) is 16.7 Å². The monoisotopic (exact) mass is 289 g/mol. The second-order valence-corrected chi connectivity index (χ2v) is 5.76. The van der Waals surface area contributed by atoms with E-state index in [1.54, 1.807) is 6.07 Å². The fourth-order valence-electron chi connectivity index (χ4n) is 2.02. The molecule has 0 aliphatic rings. The van der Waals surface area contributed by atoms with E-state index in [9.17, 15) is 5.11 Å². The Morgan fingerprint density at radius 1 is 1.21 bits per heavy atom. The first-order valence-corrected chi connectivity index (χ1v) is 7.25. The predicted molar refractivity (Wildman–Crippen MR) is 79.7 cm³/mol. The minimum absolute atomic E-state index is 0.502. The summed E-state index contributed by atoms with van der Waals surface area (Å²) in [4.78, 5) is 5.43. The van der Waals surface area contributed by atoms with Gasteiger partial charge in [-0.15, -0.1) is 11.3 Å². The molecule has 0 radical (unpaired) electrons. The lowest BCUT2D eigenvalue weighted by Crippen LogP contribution is -2.01. The highest BCUT2D eigenvalue weighted by atomic mass is 35.5. The predicted octanol–water partition coefficient (Wildman–Crippen LogP) is 4.23. The number of hydrogen-bond donors (Lipinski definition) is 1. The van der Waals surface area contributed by atoms with E-state index < -0.39 is 6.10 Å². The molecule has 2 nitrogen and oxygen atoms in total. The van der Waals surface area contributed by atoms with Crippen molar-refractivity contribution >= 4 is 33.8 Å². The van der Waals surface area contributed by atoms with Crippen LogP contribution in [0.15, 0.2) is 47.8 Å². The number of para-hydroxylation sites is 1. The van der Waals surface area contributed by atoms with E-state index >= 15 is 0 Å². The van der Waals surface area contributed by atoms with Gasteiger partial charge in [0.1, 0.15) is 0 Å². The van der Waals surface area contributed by atoms with Crippen molar-refractivity contribution in [2.75, 3.05) is 0 Å². The lowest BCUT2D eigenvalue weighted by molar-refractivity contribution is 0.181. The molecule has 1 N–H and O–H groups in total. The first-order valence-electron chi connectivity index (χ1n) is 5.99. The Kier molecular flexibility index (Phi) is 3.51. The zero-order chi connectivity index (χ0) is 13.2. The molecule has 0 bridgehead atoms. The molecule has 0 fully saturated rings. The molecule has 3 aromatic rings. The maximum absolute atomic E-state index is 10.2. The highest BCUT2D eigenvalue weighted by Gasteiger charge is 2.12. The van der Waals surface area contributed by atoms with Crippen LogP contribution in [-0.4, -0.2) is 10.1 Å². The van der Waals surface area contributed by atoms with E-state index in [-0.39, 0.29) is 0 Å². The molecule has 0 saturated heterocycles. The molecule has 4 heteroatoms. The summed E-state index contributed by atoms with van der Waals surface area (Å²) in [6.07, 6.45) is -0.0482. The topological polar surface area (TPSA) is 33.1 Å². The number of nitrogens with zero attached hydrogens (tertiary/aromatic N) is 1. The normalized spacial score (nSPS) is 12.7. The molecule has 2 heterocycles. The first-order chi connectivity index (χ1) is 9.22. The zero-order valence-electron chi connectivity index (χ0n) is 10.1. The lowest BCUT2D eigenvalue weighted by Gasteiger charge is -2.08. The third-order valence-electron chi connectivity index (χ3n) is 2.97. The molecule has 3 rings (SSSR count). The van der Waals surface area contributed by atoms with Crippen LogP contribution in [-0.2, 0) is 6.42 Å². The second kappa shape index (κ2) is 5.29. The Bertz CT molecular complexity index is 710. The quantitative estimate of drug-likeness (QED) is 0.783. The van der Waals surface area contributed by atoms with Crippen molar-refractivity contribution < 1.29 is 5.11 Å². The molecule has 1 atom stereocenters. The van der Waals surface area contributed by atoms with Gasteiger partial charge in [-0.05, 0) is 18.2 Å². The smallest absolute Gasteiger partial charge is 0.0937 e. The van der Waals surface area contributed by atoms with Crippen LogP contribution in [0.4, 0.5) is 0 Å². The van der Waals surface area contributed by atoms with E-state index in [2.05, 4.69) is 4.98 Å². The number of aliphatic hydroxyl groups excluding tert-OH is 1. The molecule has 0 aliphatic heterocycles. The SMILES string of the molecule is OC(Cc1ccc2ccccc2n1)c1cc(Cl)cs1. The Morgan fingerprint density at radius 2 is 2.05 bits per heavy atom. The van der Waals surface area contributed by atoms with Crippen molar-refractivity contribution in [1.29, 1.82) is 0 Å². The van der Waals surface area contributed by atoms with E-state index in [0.29, 0.717) is 11.4 Å². The zero-order valence-corrected chi connectivity index (χ0v) is 11.7. The number of aliphatic hydroxyl groups is 1. The first kappa shape index (κ1) is 12.6. The van der Waals surface area contributed by atoms with Gasteiger partial charge < -0.3 is 5.11 Å². The number of pyridine rings is 1. The van der Waals surface area contributed by atoms with Crippen LogP contribution in [0.3, 0.4) is 0 Å². The third-order valence-corrected chi connectivity index (χ3v) is 4.36. The van der Waals surface area contributed by atoms with Crippen LogP contribution in [0.2, 0.25) is 5.02 Å². The van der Waals surface area contributed by atoms with Gasteiger partial charge in [-0.25, -0.2) is 0 Å². The van der Waals surface area contributed by atoms with Gasteiger partial charge in [0.05, 0.1) is 16.6 Å². The number of benzene rings is 1. The molecule has 96 valence electrons. The molecule has 0 saturated carbocycles. The van der Waals surface area contributed by atoms with Crippen molar-refractivity contribution in [3.8, 4) is 0 Å². The summed E-state index contributed by atoms with van der Waals surface area (Å²) in [6, 6.07) is 13.8. The number of halogens is 1. The fraction of sp³-hybridized carbons (Fsp3) is 0.133. The summed E-state index contributed by atoms with van der Waals surface area (Å²) < 4.78 is 0. The van der Waals surface area contributed by atoms with Gasteiger partial charge in [-0.2, -0.15) is 0 Å². The van der Waals surface area contributed by atoms with Crippen molar-refractivity contribution in [3.05, 3.63) is 63.4 Å². The van der Waals surface area contributed by atoms with E-state index in [0.717, 1.165) is 21.5 Å². The third kappa shape index (κ3) is 2.78. The van der Waals surface area contributed by atoms with Crippen LogP contribution in [0, 0.1) is 0 Å². The number of hydrogen-bond acceptors (Lipinski definition) is 3. The second-order valence-electron chi connectivity index (χ2n) is 4.38. The Balaban J connectivity index is 1.84. The average molecular weight is 290 g/mol. The summed E-state index contributed by atoms with van der Waals surface area (Å²) in [5.74, 6) is 0. The fourth-order valence-corrected chi connectivity index (χ4v) is 3.09. The minimum Gasteiger partial charge on any atom is -0.387 e. The largest absolute Gasteiger partial charge is 0.387 e. The van der Waals surface area contributed by atoms with Gasteiger partial charge in [0, 0.05) is 27.8 Å². The molecule has 0 amide bonds. The summed E-state index contributed by atoms with van der Waals surface area (Å²) in [7, 11) is 0. The van der Waals surface area contributed by atoms with Crippen molar-refractivity contribution in [2.45, 2.75) is 12.5 Å². The number of aromatic nitrogens is 1. The maximum Gasteiger partial charge on any atom is 0.0937 e. The van der Waals surface area contributed by atoms with Crippen molar-refractivity contribution in [1.82, 2.24) is 4.98 Å². The molecule has 19 heavy (non-hydrogen) atoms. The van der Waals surface area contributed by atoms with Gasteiger partial charge >= 0.3 is 0 Å². The minimum atomic E-state index is -0.550. The Hall–Kier alpha value is -1.42. The van der Waals surface area contributed by atoms with E-state index in [1.807, 2.05) is 41.8 Å².